The molecular formula is C15H13BrCl2FN. The van der Waals surface area contributed by atoms with E-state index in [1.54, 1.807) is 36.4 Å². The van der Waals surface area contributed by atoms with Gasteiger partial charge in [0.1, 0.15) is 5.82 Å². The van der Waals surface area contributed by atoms with Gasteiger partial charge in [0, 0.05) is 15.6 Å². The van der Waals surface area contributed by atoms with Gasteiger partial charge in [-0.05, 0) is 52.3 Å². The summed E-state index contributed by atoms with van der Waals surface area (Å²) in [5.74, 6) is -0.283. The van der Waals surface area contributed by atoms with E-state index in [1.807, 2.05) is 6.92 Å². The molecule has 0 fully saturated rings. The minimum Gasteiger partial charge on any atom is -0.306 e. The highest BCUT2D eigenvalue weighted by molar-refractivity contribution is 9.10. The summed E-state index contributed by atoms with van der Waals surface area (Å²) in [6.45, 7) is 2.66. The fourth-order valence-corrected chi connectivity index (χ4v) is 3.02. The van der Waals surface area contributed by atoms with Gasteiger partial charge in [-0.1, -0.05) is 42.3 Å². The van der Waals surface area contributed by atoms with Crippen LogP contribution in [0.4, 0.5) is 4.39 Å². The molecule has 1 nitrogen and oxygen atoms in total. The van der Waals surface area contributed by atoms with Crippen LogP contribution >= 0.6 is 39.1 Å². The summed E-state index contributed by atoms with van der Waals surface area (Å²) in [5, 5.41) is 4.33. The van der Waals surface area contributed by atoms with E-state index in [0.717, 1.165) is 5.56 Å². The van der Waals surface area contributed by atoms with Gasteiger partial charge in [0.05, 0.1) is 10.5 Å². The molecule has 0 saturated carbocycles. The maximum atomic E-state index is 14.3. The molecule has 1 unspecified atom stereocenters. The summed E-state index contributed by atoms with van der Waals surface area (Å²) in [6.07, 6.45) is 0. The molecule has 0 aromatic heterocycles. The molecule has 0 radical (unpaired) electrons. The summed E-state index contributed by atoms with van der Waals surface area (Å²) in [4.78, 5) is 0. The molecule has 2 rings (SSSR count). The predicted molar refractivity (Wildman–Crippen MR) is 86.1 cm³/mol. The lowest BCUT2D eigenvalue weighted by molar-refractivity contribution is 0.555. The Balaban J connectivity index is 2.53. The van der Waals surface area contributed by atoms with Gasteiger partial charge in [-0.15, -0.1) is 0 Å². The third kappa shape index (κ3) is 3.53. The van der Waals surface area contributed by atoms with Crippen molar-refractivity contribution in [3.63, 3.8) is 0 Å². The van der Waals surface area contributed by atoms with Crippen molar-refractivity contribution < 1.29 is 4.39 Å². The van der Waals surface area contributed by atoms with E-state index in [0.29, 0.717) is 26.6 Å². The highest BCUT2D eigenvalue weighted by Crippen LogP contribution is 2.31. The van der Waals surface area contributed by atoms with Crippen LogP contribution in [-0.2, 0) is 0 Å². The number of halogens is 4. The quantitative estimate of drug-likeness (QED) is 0.732. The number of benzene rings is 2. The molecule has 0 bridgehead atoms. The fraction of sp³-hybridized carbons (Fsp3) is 0.200. The molecule has 2 aromatic rings. The third-order valence-electron chi connectivity index (χ3n) is 2.92. The van der Waals surface area contributed by atoms with Crippen LogP contribution in [0.15, 0.2) is 40.9 Å². The van der Waals surface area contributed by atoms with Crippen LogP contribution in [-0.4, -0.2) is 6.54 Å². The average molecular weight is 377 g/mol. The molecule has 0 spiro atoms. The molecule has 0 saturated heterocycles. The Morgan fingerprint density at radius 1 is 1.20 bits per heavy atom. The van der Waals surface area contributed by atoms with E-state index < -0.39 is 0 Å². The van der Waals surface area contributed by atoms with Crippen LogP contribution in [0.3, 0.4) is 0 Å². The normalized spacial score (nSPS) is 12.4. The van der Waals surface area contributed by atoms with Gasteiger partial charge in [0.2, 0.25) is 0 Å². The molecule has 0 heterocycles. The first-order valence-corrected chi connectivity index (χ1v) is 7.71. The highest BCUT2D eigenvalue weighted by Gasteiger charge is 2.19. The summed E-state index contributed by atoms with van der Waals surface area (Å²) in [7, 11) is 0. The van der Waals surface area contributed by atoms with Crippen LogP contribution in [0.5, 0.6) is 0 Å². The van der Waals surface area contributed by atoms with Crippen molar-refractivity contribution in [3.05, 3.63) is 67.9 Å². The van der Waals surface area contributed by atoms with Gasteiger partial charge in [0.15, 0.2) is 0 Å². The van der Waals surface area contributed by atoms with Crippen LogP contribution in [0.1, 0.15) is 24.1 Å². The van der Waals surface area contributed by atoms with E-state index >= 15 is 0 Å². The third-order valence-corrected chi connectivity index (χ3v) is 3.97. The second-order valence-electron chi connectivity index (χ2n) is 4.34. The Bertz CT molecular complexity index is 599. The minimum atomic E-state index is -0.298. The smallest absolute Gasteiger partial charge is 0.142 e. The number of hydrogen-bond acceptors (Lipinski definition) is 1. The Labute approximate surface area is 136 Å². The fourth-order valence-electron chi connectivity index (χ4n) is 2.10. The van der Waals surface area contributed by atoms with Gasteiger partial charge in [-0.2, -0.15) is 0 Å². The molecular weight excluding hydrogens is 364 g/mol. The Morgan fingerprint density at radius 2 is 1.85 bits per heavy atom. The molecule has 2 aromatic carbocycles. The second kappa shape index (κ2) is 6.90. The standard InChI is InChI=1S/C15H13BrCl2FN/c1-2-20-15(9-6-10(17)8-11(18)7-9)12-4-3-5-13(16)14(12)19/h3-8,15,20H,2H2,1H3. The molecule has 106 valence electrons. The van der Waals surface area contributed by atoms with Crippen molar-refractivity contribution in [2.24, 2.45) is 0 Å². The van der Waals surface area contributed by atoms with Crippen molar-refractivity contribution in [2.45, 2.75) is 13.0 Å². The van der Waals surface area contributed by atoms with E-state index in [4.69, 9.17) is 23.2 Å². The van der Waals surface area contributed by atoms with Crippen LogP contribution in [0.25, 0.3) is 0 Å². The zero-order valence-corrected chi connectivity index (χ0v) is 13.9. The zero-order valence-electron chi connectivity index (χ0n) is 10.8. The predicted octanol–water partition coefficient (Wildman–Crippen LogP) is 5.59. The first-order valence-electron chi connectivity index (χ1n) is 6.16. The summed E-state index contributed by atoms with van der Waals surface area (Å²) in [5.41, 5.74) is 1.39. The Hall–Kier alpha value is -0.610. The maximum Gasteiger partial charge on any atom is 0.142 e. The van der Waals surface area contributed by atoms with Gasteiger partial charge < -0.3 is 5.32 Å². The molecule has 0 amide bonds. The average Bonchev–Trinajstić information content (AvgIpc) is 2.38. The minimum absolute atomic E-state index is 0.283. The van der Waals surface area contributed by atoms with Crippen molar-refractivity contribution in [1.82, 2.24) is 5.32 Å². The maximum absolute atomic E-state index is 14.3. The highest BCUT2D eigenvalue weighted by atomic mass is 79.9. The van der Waals surface area contributed by atoms with E-state index in [1.165, 1.54) is 0 Å². The molecule has 20 heavy (non-hydrogen) atoms. The van der Waals surface area contributed by atoms with E-state index in [9.17, 15) is 4.39 Å². The van der Waals surface area contributed by atoms with E-state index in [2.05, 4.69) is 21.2 Å². The topological polar surface area (TPSA) is 12.0 Å². The number of nitrogens with one attached hydrogen (secondary N) is 1. The van der Waals surface area contributed by atoms with Crippen molar-refractivity contribution >= 4 is 39.1 Å². The molecule has 5 heteroatoms. The second-order valence-corrected chi connectivity index (χ2v) is 6.06. The van der Waals surface area contributed by atoms with Crippen LogP contribution in [0.2, 0.25) is 10.0 Å². The Morgan fingerprint density at radius 3 is 2.45 bits per heavy atom. The van der Waals surface area contributed by atoms with Gasteiger partial charge in [0.25, 0.3) is 0 Å². The molecule has 0 aliphatic carbocycles. The first kappa shape index (κ1) is 15.8. The first-order chi connectivity index (χ1) is 9.52. The van der Waals surface area contributed by atoms with Gasteiger partial charge in [-0.25, -0.2) is 4.39 Å². The largest absolute Gasteiger partial charge is 0.306 e. The number of rotatable bonds is 4. The van der Waals surface area contributed by atoms with Gasteiger partial charge >= 0.3 is 0 Å². The van der Waals surface area contributed by atoms with Crippen molar-refractivity contribution in [2.75, 3.05) is 6.54 Å². The lowest BCUT2D eigenvalue weighted by Crippen LogP contribution is -2.23. The van der Waals surface area contributed by atoms with Crippen LogP contribution < -0.4 is 5.32 Å². The molecule has 0 aliphatic heterocycles. The molecule has 0 aliphatic rings. The summed E-state index contributed by atoms with van der Waals surface area (Å²) in [6, 6.07) is 10.2. The molecule has 1 N–H and O–H groups in total. The van der Waals surface area contributed by atoms with E-state index in [-0.39, 0.29) is 11.9 Å². The SMILES string of the molecule is CCNC(c1cc(Cl)cc(Cl)c1)c1cccc(Br)c1F. The zero-order chi connectivity index (χ0) is 14.7. The van der Waals surface area contributed by atoms with Gasteiger partial charge in [-0.3, -0.25) is 0 Å². The summed E-state index contributed by atoms with van der Waals surface area (Å²) < 4.78 is 14.7. The Kier molecular flexibility index (Phi) is 5.44. The lowest BCUT2D eigenvalue weighted by Gasteiger charge is -2.20. The van der Waals surface area contributed by atoms with Crippen molar-refractivity contribution in [3.8, 4) is 0 Å². The monoisotopic (exact) mass is 375 g/mol. The lowest BCUT2D eigenvalue weighted by atomic mass is 9.98. The summed E-state index contributed by atoms with van der Waals surface area (Å²) >= 11 is 15.3. The number of hydrogen-bond donors (Lipinski definition) is 1. The van der Waals surface area contributed by atoms with Crippen LogP contribution in [0, 0.1) is 5.82 Å². The van der Waals surface area contributed by atoms with Crippen molar-refractivity contribution in [1.29, 1.82) is 0 Å². The molecule has 1 atom stereocenters.